The number of nitrogens with one attached hydrogen (secondary N) is 3. The van der Waals surface area contributed by atoms with Gasteiger partial charge in [-0.2, -0.15) is 0 Å². The zero-order chi connectivity index (χ0) is 17.4. The molecule has 0 aliphatic carbocycles. The van der Waals surface area contributed by atoms with E-state index >= 15 is 0 Å². The van der Waals surface area contributed by atoms with E-state index in [1.54, 1.807) is 19.2 Å². The number of hydrogen-bond acceptors (Lipinski definition) is 4. The van der Waals surface area contributed by atoms with E-state index in [-0.39, 0.29) is 43.1 Å². The van der Waals surface area contributed by atoms with E-state index in [0.717, 1.165) is 5.56 Å². The third-order valence-corrected chi connectivity index (χ3v) is 3.77. The van der Waals surface area contributed by atoms with Crippen LogP contribution in [-0.4, -0.2) is 39.1 Å². The van der Waals surface area contributed by atoms with Crippen molar-refractivity contribution in [2.45, 2.75) is 20.3 Å². The van der Waals surface area contributed by atoms with Crippen molar-refractivity contribution in [3.05, 3.63) is 22.7 Å². The molecular weight excluding hydrogens is 353 g/mol. The number of rotatable bonds is 8. The first kappa shape index (κ1) is 22.5. The van der Waals surface area contributed by atoms with Crippen LogP contribution in [0.2, 0.25) is 5.02 Å². The minimum atomic E-state index is -0.202. The second-order valence-corrected chi connectivity index (χ2v) is 5.76. The number of carbonyl (C=O) groups is 2. The predicted molar refractivity (Wildman–Crippen MR) is 99.3 cm³/mol. The normalized spacial score (nSPS) is 11.2. The van der Waals surface area contributed by atoms with Crippen LogP contribution in [0.5, 0.6) is 5.75 Å². The number of benzene rings is 1. The maximum absolute atomic E-state index is 12.0. The van der Waals surface area contributed by atoms with Crippen molar-refractivity contribution in [1.82, 2.24) is 10.6 Å². The zero-order valence-electron chi connectivity index (χ0n) is 14.4. The maximum Gasteiger partial charge on any atom is 0.226 e. The monoisotopic (exact) mass is 377 g/mol. The van der Waals surface area contributed by atoms with Gasteiger partial charge in [0.1, 0.15) is 5.75 Å². The third kappa shape index (κ3) is 6.95. The lowest BCUT2D eigenvalue weighted by Crippen LogP contribution is -2.35. The standard InChI is InChI=1S/C16H24ClN3O3.ClH/c1-10-7-13(14(23-4)8-12(10)17)20-15(21)5-6-19-16(22)11(2)9-18-3;/h7-8,11,18H,5-6,9H2,1-4H3,(H,19,22)(H,20,21);1H. The summed E-state index contributed by atoms with van der Waals surface area (Å²) in [7, 11) is 3.30. The lowest BCUT2D eigenvalue weighted by Gasteiger charge is -2.13. The van der Waals surface area contributed by atoms with Crippen LogP contribution < -0.4 is 20.7 Å². The lowest BCUT2D eigenvalue weighted by atomic mass is 10.1. The number of carbonyl (C=O) groups excluding carboxylic acids is 2. The topological polar surface area (TPSA) is 79.5 Å². The molecule has 0 heterocycles. The molecule has 1 aromatic rings. The molecule has 0 aliphatic rings. The van der Waals surface area contributed by atoms with Gasteiger partial charge >= 0.3 is 0 Å². The molecule has 0 aromatic heterocycles. The molecule has 0 radical (unpaired) electrons. The van der Waals surface area contributed by atoms with Crippen LogP contribution in [0.25, 0.3) is 0 Å². The molecule has 1 rings (SSSR count). The van der Waals surface area contributed by atoms with Crippen LogP contribution in [0.15, 0.2) is 12.1 Å². The van der Waals surface area contributed by atoms with Crippen LogP contribution in [-0.2, 0) is 9.59 Å². The summed E-state index contributed by atoms with van der Waals surface area (Å²) in [5, 5.41) is 9.02. The first-order valence-corrected chi connectivity index (χ1v) is 7.83. The van der Waals surface area contributed by atoms with E-state index in [4.69, 9.17) is 16.3 Å². The molecule has 3 N–H and O–H groups in total. The number of methoxy groups -OCH3 is 1. The Bertz CT molecular complexity index is 568. The van der Waals surface area contributed by atoms with Gasteiger partial charge in [0.15, 0.2) is 0 Å². The third-order valence-electron chi connectivity index (χ3n) is 3.36. The Morgan fingerprint density at radius 3 is 2.58 bits per heavy atom. The van der Waals surface area contributed by atoms with E-state index in [2.05, 4.69) is 16.0 Å². The van der Waals surface area contributed by atoms with E-state index in [9.17, 15) is 9.59 Å². The summed E-state index contributed by atoms with van der Waals surface area (Å²) in [5.74, 6) is 0.0846. The number of halogens is 2. The highest BCUT2D eigenvalue weighted by Gasteiger charge is 2.13. The van der Waals surface area contributed by atoms with Gasteiger partial charge in [0.05, 0.1) is 12.8 Å². The summed E-state index contributed by atoms with van der Waals surface area (Å²) in [6.07, 6.45) is 0.183. The van der Waals surface area contributed by atoms with E-state index in [1.165, 1.54) is 7.11 Å². The van der Waals surface area contributed by atoms with Crippen molar-refractivity contribution >= 4 is 41.5 Å². The lowest BCUT2D eigenvalue weighted by molar-refractivity contribution is -0.124. The SMILES string of the molecule is CNCC(C)C(=O)NCCC(=O)Nc1cc(C)c(Cl)cc1OC.Cl. The average molecular weight is 378 g/mol. The molecule has 1 atom stereocenters. The summed E-state index contributed by atoms with van der Waals surface area (Å²) in [6.45, 7) is 4.56. The Hall–Kier alpha value is -1.50. The molecule has 0 aliphatic heterocycles. The minimum Gasteiger partial charge on any atom is -0.495 e. The Morgan fingerprint density at radius 2 is 2.00 bits per heavy atom. The number of ether oxygens (including phenoxy) is 1. The van der Waals surface area contributed by atoms with Gasteiger partial charge in [-0.05, 0) is 25.6 Å². The van der Waals surface area contributed by atoms with Crippen LogP contribution in [0.4, 0.5) is 5.69 Å². The Balaban J connectivity index is 0.00000529. The molecule has 24 heavy (non-hydrogen) atoms. The molecule has 8 heteroatoms. The van der Waals surface area contributed by atoms with Crippen molar-refractivity contribution in [2.75, 3.05) is 32.6 Å². The van der Waals surface area contributed by atoms with Crippen molar-refractivity contribution in [3.63, 3.8) is 0 Å². The van der Waals surface area contributed by atoms with Crippen molar-refractivity contribution < 1.29 is 14.3 Å². The van der Waals surface area contributed by atoms with E-state index in [1.807, 2.05) is 13.8 Å². The largest absolute Gasteiger partial charge is 0.495 e. The summed E-state index contributed by atoms with van der Waals surface area (Å²) in [6, 6.07) is 3.42. The number of aryl methyl sites for hydroxylation is 1. The molecule has 6 nitrogen and oxygen atoms in total. The van der Waals surface area contributed by atoms with Gasteiger partial charge in [-0.15, -0.1) is 12.4 Å². The summed E-state index contributed by atoms with van der Waals surface area (Å²) >= 11 is 6.03. The van der Waals surface area contributed by atoms with Gasteiger partial charge in [0.2, 0.25) is 11.8 Å². The second kappa shape index (κ2) is 11.1. The van der Waals surface area contributed by atoms with Gasteiger partial charge in [0.25, 0.3) is 0 Å². The molecule has 1 unspecified atom stereocenters. The summed E-state index contributed by atoms with van der Waals surface area (Å²) in [4.78, 5) is 23.7. The molecule has 136 valence electrons. The Morgan fingerprint density at radius 1 is 1.33 bits per heavy atom. The molecule has 2 amide bonds. The minimum absolute atomic E-state index is 0. The average Bonchev–Trinajstić information content (AvgIpc) is 2.50. The van der Waals surface area contributed by atoms with E-state index < -0.39 is 0 Å². The fourth-order valence-corrected chi connectivity index (χ4v) is 2.17. The van der Waals surface area contributed by atoms with Crippen LogP contribution in [0, 0.1) is 12.8 Å². The molecule has 1 aromatic carbocycles. The summed E-state index contributed by atoms with van der Waals surface area (Å²) in [5.41, 5.74) is 1.41. The van der Waals surface area contributed by atoms with Crippen LogP contribution >= 0.6 is 24.0 Å². The highest BCUT2D eigenvalue weighted by atomic mass is 35.5. The van der Waals surface area contributed by atoms with Crippen molar-refractivity contribution in [3.8, 4) is 5.75 Å². The Labute approximate surface area is 154 Å². The summed E-state index contributed by atoms with van der Waals surface area (Å²) < 4.78 is 5.21. The van der Waals surface area contributed by atoms with Gasteiger partial charge in [-0.1, -0.05) is 18.5 Å². The first-order valence-electron chi connectivity index (χ1n) is 7.45. The highest BCUT2D eigenvalue weighted by molar-refractivity contribution is 6.31. The van der Waals surface area contributed by atoms with Crippen molar-refractivity contribution in [1.29, 1.82) is 0 Å². The number of hydrogen-bond donors (Lipinski definition) is 3. The fraction of sp³-hybridized carbons (Fsp3) is 0.500. The molecule has 0 saturated carbocycles. The first-order chi connectivity index (χ1) is 10.9. The van der Waals surface area contributed by atoms with Gasteiger partial charge < -0.3 is 20.7 Å². The number of anilines is 1. The molecule has 0 bridgehead atoms. The Kier molecular flexibility index (Phi) is 10.4. The van der Waals surface area contributed by atoms with Gasteiger partial charge in [0, 0.05) is 36.5 Å². The maximum atomic E-state index is 12.0. The number of amides is 2. The second-order valence-electron chi connectivity index (χ2n) is 5.35. The van der Waals surface area contributed by atoms with Gasteiger partial charge in [-0.25, -0.2) is 0 Å². The van der Waals surface area contributed by atoms with Crippen molar-refractivity contribution in [2.24, 2.45) is 5.92 Å². The van der Waals surface area contributed by atoms with Crippen LogP contribution in [0.1, 0.15) is 18.9 Å². The molecule has 0 saturated heterocycles. The molecule has 0 fully saturated rings. The van der Waals surface area contributed by atoms with Gasteiger partial charge in [-0.3, -0.25) is 9.59 Å². The fourth-order valence-electron chi connectivity index (χ4n) is 2.01. The quantitative estimate of drug-likeness (QED) is 0.649. The smallest absolute Gasteiger partial charge is 0.226 e. The zero-order valence-corrected chi connectivity index (χ0v) is 15.9. The molecule has 0 spiro atoms. The van der Waals surface area contributed by atoms with E-state index in [0.29, 0.717) is 23.0 Å². The van der Waals surface area contributed by atoms with Crippen LogP contribution in [0.3, 0.4) is 0 Å². The molecular formula is C16H25Cl2N3O3. The highest BCUT2D eigenvalue weighted by Crippen LogP contribution is 2.30. The predicted octanol–water partition coefficient (Wildman–Crippen LogP) is 2.38.